The molecule has 0 unspecified atom stereocenters. The third-order valence-corrected chi connectivity index (χ3v) is 1.01. The third kappa shape index (κ3) is 2.97. The SMILES string of the molecule is FC(F)(F)Cc1cccnn1. The standard InChI is InChI=1S/C6H5F3N2/c7-6(8,9)4-5-2-1-3-10-11-5/h1-3H,4H2. The van der Waals surface area contributed by atoms with E-state index in [9.17, 15) is 13.2 Å². The molecule has 0 atom stereocenters. The highest BCUT2D eigenvalue weighted by atomic mass is 19.4. The number of hydrogen-bond donors (Lipinski definition) is 0. The quantitative estimate of drug-likeness (QED) is 0.626. The van der Waals surface area contributed by atoms with Crippen LogP contribution < -0.4 is 0 Å². The van der Waals surface area contributed by atoms with Gasteiger partial charge < -0.3 is 0 Å². The van der Waals surface area contributed by atoms with Crippen LogP contribution in [0.1, 0.15) is 5.69 Å². The highest BCUT2D eigenvalue weighted by Gasteiger charge is 2.28. The van der Waals surface area contributed by atoms with Crippen LogP contribution in [0.3, 0.4) is 0 Å². The van der Waals surface area contributed by atoms with Gasteiger partial charge in [-0.1, -0.05) is 0 Å². The molecule has 2 nitrogen and oxygen atoms in total. The van der Waals surface area contributed by atoms with Crippen molar-refractivity contribution in [2.45, 2.75) is 12.6 Å². The fourth-order valence-corrected chi connectivity index (χ4v) is 0.633. The van der Waals surface area contributed by atoms with Gasteiger partial charge in [0.1, 0.15) is 0 Å². The number of nitrogens with zero attached hydrogens (tertiary/aromatic N) is 2. The van der Waals surface area contributed by atoms with Gasteiger partial charge in [-0.3, -0.25) is 0 Å². The molecular weight excluding hydrogens is 157 g/mol. The molecule has 1 heterocycles. The van der Waals surface area contributed by atoms with Crippen LogP contribution in [0, 0.1) is 0 Å². The first-order valence-corrected chi connectivity index (χ1v) is 2.91. The highest BCUT2D eigenvalue weighted by molar-refractivity contribution is 5.00. The fraction of sp³-hybridized carbons (Fsp3) is 0.333. The highest BCUT2D eigenvalue weighted by Crippen LogP contribution is 2.19. The van der Waals surface area contributed by atoms with Crippen LogP contribution in [-0.4, -0.2) is 16.4 Å². The lowest BCUT2D eigenvalue weighted by Gasteiger charge is -2.02. The molecule has 0 aliphatic carbocycles. The van der Waals surface area contributed by atoms with E-state index in [1.54, 1.807) is 0 Å². The van der Waals surface area contributed by atoms with Crippen molar-refractivity contribution in [1.82, 2.24) is 10.2 Å². The monoisotopic (exact) mass is 162 g/mol. The van der Waals surface area contributed by atoms with Crippen LogP contribution in [-0.2, 0) is 6.42 Å². The number of rotatable bonds is 1. The molecule has 1 aromatic heterocycles. The van der Waals surface area contributed by atoms with Crippen LogP contribution in [0.25, 0.3) is 0 Å². The van der Waals surface area contributed by atoms with Gasteiger partial charge in [-0.15, -0.1) is 0 Å². The minimum absolute atomic E-state index is 0.0556. The number of halogens is 3. The van der Waals surface area contributed by atoms with E-state index in [1.165, 1.54) is 18.3 Å². The van der Waals surface area contributed by atoms with Gasteiger partial charge in [0.05, 0.1) is 12.1 Å². The van der Waals surface area contributed by atoms with Crippen molar-refractivity contribution in [2.75, 3.05) is 0 Å². The first-order chi connectivity index (χ1) is 5.08. The molecule has 1 rings (SSSR count). The van der Waals surface area contributed by atoms with Gasteiger partial charge in [0, 0.05) is 6.20 Å². The second-order valence-electron chi connectivity index (χ2n) is 2.01. The van der Waals surface area contributed by atoms with Gasteiger partial charge >= 0.3 is 6.18 Å². The molecule has 0 amide bonds. The van der Waals surface area contributed by atoms with E-state index in [0.717, 1.165) is 0 Å². The molecular formula is C6H5F3N2. The molecule has 0 aliphatic heterocycles. The summed E-state index contributed by atoms with van der Waals surface area (Å²) in [4.78, 5) is 0. The summed E-state index contributed by atoms with van der Waals surface area (Å²) in [5, 5.41) is 6.61. The predicted molar refractivity (Wildman–Crippen MR) is 31.8 cm³/mol. The average Bonchev–Trinajstić information content (AvgIpc) is 1.85. The summed E-state index contributed by atoms with van der Waals surface area (Å²) < 4.78 is 35.0. The molecule has 0 spiro atoms. The number of hydrogen-bond acceptors (Lipinski definition) is 2. The largest absolute Gasteiger partial charge is 0.394 e. The Balaban J connectivity index is 2.66. The minimum atomic E-state index is -4.20. The van der Waals surface area contributed by atoms with E-state index in [-0.39, 0.29) is 5.69 Å². The average molecular weight is 162 g/mol. The summed E-state index contributed by atoms with van der Waals surface area (Å²) in [7, 11) is 0. The number of aromatic nitrogens is 2. The first kappa shape index (κ1) is 7.97. The van der Waals surface area contributed by atoms with Crippen molar-refractivity contribution in [1.29, 1.82) is 0 Å². The summed E-state index contributed by atoms with van der Waals surface area (Å²) in [5.41, 5.74) is -0.0556. The second kappa shape index (κ2) is 2.86. The van der Waals surface area contributed by atoms with Gasteiger partial charge in [0.15, 0.2) is 0 Å². The summed E-state index contributed by atoms with van der Waals surface area (Å²) in [6, 6.07) is 2.72. The van der Waals surface area contributed by atoms with E-state index in [0.29, 0.717) is 0 Å². The maximum Gasteiger partial charge on any atom is 0.394 e. The Bertz CT molecular complexity index is 219. The Labute approximate surface area is 61.1 Å². The predicted octanol–water partition coefficient (Wildman–Crippen LogP) is 1.58. The normalized spacial score (nSPS) is 11.5. The van der Waals surface area contributed by atoms with Gasteiger partial charge in [0.2, 0.25) is 0 Å². The van der Waals surface area contributed by atoms with Crippen LogP contribution in [0.4, 0.5) is 13.2 Å². The Hall–Kier alpha value is -1.13. The summed E-state index contributed by atoms with van der Waals surface area (Å²) in [5.74, 6) is 0. The maximum atomic E-state index is 11.7. The third-order valence-electron chi connectivity index (χ3n) is 1.01. The lowest BCUT2D eigenvalue weighted by molar-refractivity contribution is -0.127. The van der Waals surface area contributed by atoms with Crippen molar-refractivity contribution < 1.29 is 13.2 Å². The van der Waals surface area contributed by atoms with Crippen LogP contribution >= 0.6 is 0 Å². The van der Waals surface area contributed by atoms with Crippen LogP contribution in [0.2, 0.25) is 0 Å². The molecule has 0 saturated heterocycles. The van der Waals surface area contributed by atoms with E-state index < -0.39 is 12.6 Å². The van der Waals surface area contributed by atoms with Gasteiger partial charge in [-0.25, -0.2) is 0 Å². The van der Waals surface area contributed by atoms with E-state index >= 15 is 0 Å². The summed E-state index contributed by atoms with van der Waals surface area (Å²) in [6.45, 7) is 0. The minimum Gasteiger partial charge on any atom is -0.171 e. The maximum absolute atomic E-state index is 11.7. The zero-order valence-electron chi connectivity index (χ0n) is 5.47. The van der Waals surface area contributed by atoms with E-state index in [4.69, 9.17) is 0 Å². The smallest absolute Gasteiger partial charge is 0.171 e. The lowest BCUT2D eigenvalue weighted by atomic mass is 10.3. The molecule has 0 fully saturated rings. The van der Waals surface area contributed by atoms with Crippen LogP contribution in [0.5, 0.6) is 0 Å². The fourth-order valence-electron chi connectivity index (χ4n) is 0.633. The number of alkyl halides is 3. The topological polar surface area (TPSA) is 25.8 Å². The molecule has 0 aliphatic rings. The Morgan fingerprint density at radius 1 is 1.36 bits per heavy atom. The van der Waals surface area contributed by atoms with Gasteiger partial charge in [-0.05, 0) is 12.1 Å². The Kier molecular flexibility index (Phi) is 2.07. The molecule has 0 saturated carbocycles. The Morgan fingerprint density at radius 2 is 2.09 bits per heavy atom. The zero-order valence-corrected chi connectivity index (χ0v) is 5.47. The van der Waals surface area contributed by atoms with Crippen LogP contribution in [0.15, 0.2) is 18.3 Å². The molecule has 0 aromatic carbocycles. The van der Waals surface area contributed by atoms with Crippen molar-refractivity contribution in [3.63, 3.8) is 0 Å². The second-order valence-corrected chi connectivity index (χ2v) is 2.01. The molecule has 0 N–H and O–H groups in total. The molecule has 0 bridgehead atoms. The lowest BCUT2D eigenvalue weighted by Crippen LogP contribution is -2.12. The molecule has 1 aromatic rings. The summed E-state index contributed by atoms with van der Waals surface area (Å²) >= 11 is 0. The zero-order chi connectivity index (χ0) is 8.32. The first-order valence-electron chi connectivity index (χ1n) is 2.91. The van der Waals surface area contributed by atoms with Gasteiger partial charge in [0.25, 0.3) is 0 Å². The van der Waals surface area contributed by atoms with Crippen molar-refractivity contribution >= 4 is 0 Å². The van der Waals surface area contributed by atoms with Crippen molar-refractivity contribution in [2.24, 2.45) is 0 Å². The molecule has 60 valence electrons. The van der Waals surface area contributed by atoms with Gasteiger partial charge in [-0.2, -0.15) is 23.4 Å². The van der Waals surface area contributed by atoms with Crippen molar-refractivity contribution in [3.8, 4) is 0 Å². The molecule has 0 radical (unpaired) electrons. The van der Waals surface area contributed by atoms with Crippen molar-refractivity contribution in [3.05, 3.63) is 24.0 Å². The Morgan fingerprint density at radius 3 is 2.55 bits per heavy atom. The molecule has 11 heavy (non-hydrogen) atoms. The van der Waals surface area contributed by atoms with E-state index in [2.05, 4.69) is 10.2 Å². The van der Waals surface area contributed by atoms with E-state index in [1.807, 2.05) is 0 Å². The molecule has 5 heteroatoms. The summed E-state index contributed by atoms with van der Waals surface area (Å²) in [6.07, 6.45) is -3.88.